The molecule has 3 nitrogen and oxygen atoms in total. The number of allylic oxidation sites excluding steroid dienone is 1. The van der Waals surface area contributed by atoms with Crippen LogP contribution in [0.3, 0.4) is 0 Å². The Kier molecular flexibility index (Phi) is 4.16. The van der Waals surface area contributed by atoms with E-state index in [1.54, 1.807) is 6.08 Å². The second-order valence-electron chi connectivity index (χ2n) is 4.66. The van der Waals surface area contributed by atoms with Gasteiger partial charge in [0.1, 0.15) is 5.72 Å². The van der Waals surface area contributed by atoms with Crippen LogP contribution >= 0.6 is 0 Å². The summed E-state index contributed by atoms with van der Waals surface area (Å²) in [6.07, 6.45) is 6.20. The predicted octanol–water partition coefficient (Wildman–Crippen LogP) is 2.86. The molecule has 98 valence electrons. The minimum atomic E-state index is -0.789. The molecule has 0 fully saturated rings. The summed E-state index contributed by atoms with van der Waals surface area (Å²) in [7, 11) is 0. The molecule has 0 amide bonds. The van der Waals surface area contributed by atoms with Gasteiger partial charge in [-0.1, -0.05) is 42.5 Å². The number of nitrogens with two attached hydrogens (primary N) is 1. The Bertz CT molecular complexity index is 527. The Labute approximate surface area is 114 Å². The van der Waals surface area contributed by atoms with Crippen LogP contribution in [0, 0.1) is 17.2 Å². The van der Waals surface area contributed by atoms with Gasteiger partial charge >= 0.3 is 0 Å². The molecule has 19 heavy (non-hydrogen) atoms. The molecule has 2 rings (SSSR count). The molecule has 0 aliphatic heterocycles. The lowest BCUT2D eigenvalue weighted by Crippen LogP contribution is -2.43. The van der Waals surface area contributed by atoms with Crippen LogP contribution < -0.4 is 5.73 Å². The molecular formula is C16H18N2O. The summed E-state index contributed by atoms with van der Waals surface area (Å²) in [5.41, 5.74) is 7.45. The molecule has 0 saturated carbocycles. The monoisotopic (exact) mass is 254 g/mol. The summed E-state index contributed by atoms with van der Waals surface area (Å²) >= 11 is 0. The van der Waals surface area contributed by atoms with E-state index in [2.05, 4.69) is 6.07 Å². The largest absolute Gasteiger partial charge is 0.357 e. The molecule has 1 aliphatic carbocycles. The molecule has 0 bridgehead atoms. The molecular weight excluding hydrogens is 236 g/mol. The third kappa shape index (κ3) is 3.31. The zero-order valence-corrected chi connectivity index (χ0v) is 11.0. The highest BCUT2D eigenvalue weighted by Gasteiger charge is 2.30. The van der Waals surface area contributed by atoms with Crippen molar-refractivity contribution in [2.24, 2.45) is 11.7 Å². The topological polar surface area (TPSA) is 59.0 Å². The van der Waals surface area contributed by atoms with E-state index < -0.39 is 5.72 Å². The van der Waals surface area contributed by atoms with E-state index >= 15 is 0 Å². The highest BCUT2D eigenvalue weighted by atomic mass is 16.5. The molecule has 2 atom stereocenters. The molecule has 1 aromatic carbocycles. The number of nitriles is 1. The highest BCUT2D eigenvalue weighted by molar-refractivity contribution is 5.56. The van der Waals surface area contributed by atoms with Crippen molar-refractivity contribution in [3.8, 4) is 6.07 Å². The molecule has 1 aromatic rings. The summed E-state index contributed by atoms with van der Waals surface area (Å²) in [4.78, 5) is 0. The Balaban J connectivity index is 2.31. The lowest BCUT2D eigenvalue weighted by atomic mass is 9.85. The fraction of sp³-hybridized carbons (Fsp3) is 0.312. The highest BCUT2D eigenvalue weighted by Crippen LogP contribution is 2.31. The molecule has 1 aliphatic rings. The van der Waals surface area contributed by atoms with Gasteiger partial charge in [-0.3, -0.25) is 5.73 Å². The molecule has 0 saturated heterocycles. The Hall–Kier alpha value is -1.89. The van der Waals surface area contributed by atoms with Gasteiger partial charge < -0.3 is 4.74 Å². The lowest BCUT2D eigenvalue weighted by molar-refractivity contribution is 0.00117. The van der Waals surface area contributed by atoms with Crippen molar-refractivity contribution < 1.29 is 4.74 Å². The van der Waals surface area contributed by atoms with Crippen molar-refractivity contribution in [2.75, 3.05) is 6.61 Å². The molecule has 0 heterocycles. The van der Waals surface area contributed by atoms with Gasteiger partial charge in [0.2, 0.25) is 0 Å². The van der Waals surface area contributed by atoms with Gasteiger partial charge in [0.15, 0.2) is 0 Å². The van der Waals surface area contributed by atoms with Crippen LogP contribution in [0.15, 0.2) is 48.1 Å². The number of nitrogens with zero attached hydrogens (tertiary/aromatic N) is 1. The Morgan fingerprint density at radius 3 is 2.84 bits per heavy atom. The number of ether oxygens (including phenoxy) is 1. The van der Waals surface area contributed by atoms with E-state index in [4.69, 9.17) is 10.5 Å². The van der Waals surface area contributed by atoms with Gasteiger partial charge in [-0.2, -0.15) is 5.26 Å². The maximum atomic E-state index is 9.22. The van der Waals surface area contributed by atoms with Crippen LogP contribution in [0.4, 0.5) is 0 Å². The summed E-state index contributed by atoms with van der Waals surface area (Å²) in [6.45, 7) is 2.47. The number of hydrogen-bond donors (Lipinski definition) is 1. The molecule has 0 radical (unpaired) electrons. The predicted molar refractivity (Wildman–Crippen MR) is 75.8 cm³/mol. The van der Waals surface area contributed by atoms with Crippen LogP contribution in [0.5, 0.6) is 0 Å². The van der Waals surface area contributed by atoms with Gasteiger partial charge in [0, 0.05) is 13.0 Å². The third-order valence-electron chi connectivity index (χ3n) is 3.15. The Morgan fingerprint density at radius 2 is 2.21 bits per heavy atom. The van der Waals surface area contributed by atoms with Crippen molar-refractivity contribution >= 4 is 6.08 Å². The number of benzene rings is 1. The summed E-state index contributed by atoms with van der Waals surface area (Å²) in [5, 5.41) is 9.22. The van der Waals surface area contributed by atoms with Gasteiger partial charge in [0.05, 0.1) is 12.0 Å². The maximum absolute atomic E-state index is 9.22. The van der Waals surface area contributed by atoms with E-state index in [0.717, 1.165) is 11.1 Å². The average Bonchev–Trinajstić information content (AvgIpc) is 2.40. The number of hydrogen-bond acceptors (Lipinski definition) is 3. The molecule has 2 N–H and O–H groups in total. The van der Waals surface area contributed by atoms with Gasteiger partial charge in [-0.15, -0.1) is 0 Å². The molecule has 3 heteroatoms. The minimum Gasteiger partial charge on any atom is -0.357 e. The first kappa shape index (κ1) is 13.5. The van der Waals surface area contributed by atoms with E-state index in [1.807, 2.05) is 49.4 Å². The van der Waals surface area contributed by atoms with Crippen LogP contribution in [-0.4, -0.2) is 12.3 Å². The van der Waals surface area contributed by atoms with Crippen LogP contribution in [0.2, 0.25) is 0 Å². The van der Waals surface area contributed by atoms with Gasteiger partial charge in [-0.25, -0.2) is 0 Å². The normalized spacial score (nSPS) is 28.3. The summed E-state index contributed by atoms with van der Waals surface area (Å²) in [6, 6.07) is 12.2. The lowest BCUT2D eigenvalue weighted by Gasteiger charge is -2.31. The molecule has 0 aromatic heterocycles. The first-order valence-electron chi connectivity index (χ1n) is 6.44. The summed E-state index contributed by atoms with van der Waals surface area (Å²) < 4.78 is 5.57. The van der Waals surface area contributed by atoms with Crippen molar-refractivity contribution in [2.45, 2.75) is 19.1 Å². The van der Waals surface area contributed by atoms with Crippen molar-refractivity contribution in [1.29, 1.82) is 5.26 Å². The van der Waals surface area contributed by atoms with E-state index in [9.17, 15) is 5.26 Å². The van der Waals surface area contributed by atoms with Crippen LogP contribution in [0.25, 0.3) is 6.08 Å². The first-order chi connectivity index (χ1) is 9.17. The second kappa shape index (κ2) is 5.83. The fourth-order valence-electron chi connectivity index (χ4n) is 2.27. The van der Waals surface area contributed by atoms with Crippen LogP contribution in [-0.2, 0) is 4.74 Å². The maximum Gasteiger partial charge on any atom is 0.139 e. The van der Waals surface area contributed by atoms with Crippen molar-refractivity contribution in [3.63, 3.8) is 0 Å². The molecule has 2 unspecified atom stereocenters. The SMILES string of the molecule is CCOC1(N)C=CC(C#N)C(=Cc2ccccc2)C1. The van der Waals surface area contributed by atoms with E-state index in [-0.39, 0.29) is 5.92 Å². The van der Waals surface area contributed by atoms with Gasteiger partial charge in [0.25, 0.3) is 0 Å². The smallest absolute Gasteiger partial charge is 0.139 e. The second-order valence-corrected chi connectivity index (χ2v) is 4.66. The van der Waals surface area contributed by atoms with Crippen molar-refractivity contribution in [1.82, 2.24) is 0 Å². The van der Waals surface area contributed by atoms with E-state index in [0.29, 0.717) is 13.0 Å². The van der Waals surface area contributed by atoms with E-state index in [1.165, 1.54) is 0 Å². The fourth-order valence-corrected chi connectivity index (χ4v) is 2.27. The van der Waals surface area contributed by atoms with Gasteiger partial charge in [-0.05, 0) is 24.1 Å². The zero-order valence-electron chi connectivity index (χ0n) is 11.0. The van der Waals surface area contributed by atoms with Crippen molar-refractivity contribution in [3.05, 3.63) is 53.6 Å². The third-order valence-corrected chi connectivity index (χ3v) is 3.15. The average molecular weight is 254 g/mol. The standard InChI is InChI=1S/C16H18N2O/c1-2-19-16(18)9-8-14(12-17)15(11-16)10-13-6-4-3-5-7-13/h3-10,14H,2,11,18H2,1H3. The first-order valence-corrected chi connectivity index (χ1v) is 6.44. The number of rotatable bonds is 3. The van der Waals surface area contributed by atoms with Crippen LogP contribution in [0.1, 0.15) is 18.9 Å². The zero-order chi connectivity index (χ0) is 13.7. The summed E-state index contributed by atoms with van der Waals surface area (Å²) in [5.74, 6) is -0.225. The quantitative estimate of drug-likeness (QED) is 0.666. The molecule has 0 spiro atoms. The minimum absolute atomic E-state index is 0.225. The Morgan fingerprint density at radius 1 is 1.47 bits per heavy atom.